The Morgan fingerprint density at radius 1 is 1.12 bits per heavy atom. The lowest BCUT2D eigenvalue weighted by Crippen LogP contribution is -2.11. The molecule has 2 N–H and O–H groups in total. The van der Waals surface area contributed by atoms with Crippen LogP contribution in [0.5, 0.6) is 0 Å². The Morgan fingerprint density at radius 3 is 2.48 bits per heavy atom. The van der Waals surface area contributed by atoms with E-state index in [1.54, 1.807) is 18.3 Å². The maximum absolute atomic E-state index is 11.9. The zero-order valence-electron chi connectivity index (χ0n) is 14.6. The summed E-state index contributed by atoms with van der Waals surface area (Å²) in [7, 11) is 0. The number of aryl methyl sites for hydroxylation is 3. The minimum Gasteiger partial charge on any atom is -0.459 e. The van der Waals surface area contributed by atoms with Crippen LogP contribution >= 0.6 is 0 Å². The molecule has 128 valence electrons. The van der Waals surface area contributed by atoms with Crippen molar-refractivity contribution in [3.8, 4) is 0 Å². The molecule has 2 aromatic heterocycles. The number of carbonyl (C=O) groups is 1. The molecular weight excluding hydrogens is 314 g/mol. The number of pyridine rings is 1. The molecule has 5 heteroatoms. The van der Waals surface area contributed by atoms with Crippen LogP contribution in [0.15, 0.2) is 53.3 Å². The number of rotatable bonds is 5. The van der Waals surface area contributed by atoms with Gasteiger partial charge < -0.3 is 15.1 Å². The van der Waals surface area contributed by atoms with Crippen molar-refractivity contribution in [3.05, 3.63) is 76.9 Å². The van der Waals surface area contributed by atoms with E-state index in [9.17, 15) is 4.79 Å². The molecule has 2 heterocycles. The van der Waals surface area contributed by atoms with Crippen LogP contribution in [0.25, 0.3) is 0 Å². The Labute approximate surface area is 147 Å². The number of nitrogens with zero attached hydrogens (tertiary/aromatic N) is 1. The molecule has 0 unspecified atom stereocenters. The van der Waals surface area contributed by atoms with Crippen LogP contribution < -0.4 is 10.6 Å². The summed E-state index contributed by atoms with van der Waals surface area (Å²) in [5.41, 5.74) is 5.71. The number of anilines is 2. The van der Waals surface area contributed by atoms with Crippen molar-refractivity contribution in [2.75, 3.05) is 10.6 Å². The zero-order chi connectivity index (χ0) is 17.8. The summed E-state index contributed by atoms with van der Waals surface area (Å²) in [5.74, 6) is 0.737. The van der Waals surface area contributed by atoms with Crippen molar-refractivity contribution in [1.82, 2.24) is 4.98 Å². The van der Waals surface area contributed by atoms with Crippen LogP contribution in [0, 0.1) is 20.8 Å². The van der Waals surface area contributed by atoms with Crippen LogP contribution in [0.4, 0.5) is 11.5 Å². The summed E-state index contributed by atoms with van der Waals surface area (Å²) < 4.78 is 5.06. The van der Waals surface area contributed by atoms with Crippen LogP contribution in [0.3, 0.4) is 0 Å². The van der Waals surface area contributed by atoms with E-state index < -0.39 is 0 Å². The van der Waals surface area contributed by atoms with Gasteiger partial charge in [0.2, 0.25) is 0 Å². The number of nitrogens with one attached hydrogen (secondary N) is 2. The highest BCUT2D eigenvalue weighted by Gasteiger charge is 2.09. The topological polar surface area (TPSA) is 67.2 Å². The second-order valence-electron chi connectivity index (χ2n) is 6.09. The van der Waals surface area contributed by atoms with E-state index >= 15 is 0 Å². The highest BCUT2D eigenvalue weighted by atomic mass is 16.3. The highest BCUT2D eigenvalue weighted by molar-refractivity contribution is 6.02. The van der Waals surface area contributed by atoms with Crippen molar-refractivity contribution in [2.24, 2.45) is 0 Å². The second kappa shape index (κ2) is 7.21. The van der Waals surface area contributed by atoms with Gasteiger partial charge in [-0.2, -0.15) is 0 Å². The summed E-state index contributed by atoms with van der Waals surface area (Å²) in [5, 5.41) is 6.07. The minimum atomic E-state index is -0.293. The molecular formula is C20H21N3O2. The molecule has 0 fully saturated rings. The quantitative estimate of drug-likeness (QED) is 0.722. The maximum atomic E-state index is 11.9. The third-order valence-electron chi connectivity index (χ3n) is 4.05. The molecule has 0 spiro atoms. The summed E-state index contributed by atoms with van der Waals surface area (Å²) in [6, 6.07) is 11.3. The summed E-state index contributed by atoms with van der Waals surface area (Å²) in [4.78, 5) is 16.3. The molecule has 1 amide bonds. The number of hydrogen-bond acceptors (Lipinski definition) is 4. The first-order chi connectivity index (χ1) is 12.0. The fourth-order valence-electron chi connectivity index (χ4n) is 2.84. The fraction of sp³-hybridized carbons (Fsp3) is 0.200. The third kappa shape index (κ3) is 4.07. The first-order valence-electron chi connectivity index (χ1n) is 8.14. The van der Waals surface area contributed by atoms with E-state index in [0.29, 0.717) is 12.2 Å². The number of carbonyl (C=O) groups excluding carboxylic acids is 1. The van der Waals surface area contributed by atoms with E-state index in [0.717, 1.165) is 5.82 Å². The lowest BCUT2D eigenvalue weighted by atomic mass is 10.00. The molecule has 0 aliphatic heterocycles. The van der Waals surface area contributed by atoms with Gasteiger partial charge in [-0.15, -0.1) is 0 Å². The first kappa shape index (κ1) is 16.8. The van der Waals surface area contributed by atoms with Crippen molar-refractivity contribution < 1.29 is 9.21 Å². The lowest BCUT2D eigenvalue weighted by molar-refractivity contribution is 0.0996. The van der Waals surface area contributed by atoms with E-state index in [4.69, 9.17) is 4.42 Å². The van der Waals surface area contributed by atoms with Crippen molar-refractivity contribution >= 4 is 17.4 Å². The zero-order valence-corrected chi connectivity index (χ0v) is 14.6. The normalized spacial score (nSPS) is 10.5. The lowest BCUT2D eigenvalue weighted by Gasteiger charge is -2.13. The van der Waals surface area contributed by atoms with Gasteiger partial charge in [-0.3, -0.25) is 4.79 Å². The van der Waals surface area contributed by atoms with Gasteiger partial charge in [0.15, 0.2) is 5.76 Å². The van der Waals surface area contributed by atoms with E-state index in [1.165, 1.54) is 28.5 Å². The van der Waals surface area contributed by atoms with Gasteiger partial charge in [0.05, 0.1) is 18.1 Å². The Hall–Kier alpha value is -3.08. The maximum Gasteiger partial charge on any atom is 0.291 e. The number of amides is 1. The van der Waals surface area contributed by atoms with Crippen molar-refractivity contribution in [2.45, 2.75) is 27.3 Å². The van der Waals surface area contributed by atoms with E-state index in [-0.39, 0.29) is 11.7 Å². The predicted molar refractivity (Wildman–Crippen MR) is 98.9 cm³/mol. The molecule has 0 atom stereocenters. The Morgan fingerprint density at radius 2 is 1.88 bits per heavy atom. The minimum absolute atomic E-state index is 0.271. The summed E-state index contributed by atoms with van der Waals surface area (Å²) in [6.45, 7) is 7.06. The molecule has 0 bridgehead atoms. The van der Waals surface area contributed by atoms with Crippen LogP contribution in [0.1, 0.15) is 32.8 Å². The smallest absolute Gasteiger partial charge is 0.291 e. The summed E-state index contributed by atoms with van der Waals surface area (Å²) in [6.07, 6.45) is 3.09. The van der Waals surface area contributed by atoms with Gasteiger partial charge >= 0.3 is 0 Å². The number of benzene rings is 1. The molecule has 3 aromatic rings. The molecule has 0 radical (unpaired) electrons. The SMILES string of the molecule is Cc1cc(C)c(CNc2ccc(NC(=O)c3ccco3)cn2)c(C)c1. The van der Waals surface area contributed by atoms with Gasteiger partial charge in [0.1, 0.15) is 5.82 Å². The van der Waals surface area contributed by atoms with Crippen molar-refractivity contribution in [1.29, 1.82) is 0 Å². The largest absolute Gasteiger partial charge is 0.459 e. The highest BCUT2D eigenvalue weighted by Crippen LogP contribution is 2.18. The number of aromatic nitrogens is 1. The van der Waals surface area contributed by atoms with Crippen LogP contribution in [-0.2, 0) is 6.54 Å². The molecule has 0 aliphatic rings. The standard InChI is InChI=1S/C20H21N3O2/c1-13-9-14(2)17(15(3)10-13)12-22-19-7-6-16(11-21-19)23-20(24)18-5-4-8-25-18/h4-11H,12H2,1-3H3,(H,21,22)(H,23,24). The molecule has 0 aliphatic carbocycles. The van der Waals surface area contributed by atoms with Gasteiger partial charge in [0, 0.05) is 6.54 Å². The van der Waals surface area contributed by atoms with Gasteiger partial charge in [0.25, 0.3) is 5.91 Å². The molecule has 0 saturated heterocycles. The van der Waals surface area contributed by atoms with Crippen LogP contribution in [0.2, 0.25) is 0 Å². The monoisotopic (exact) mass is 335 g/mol. The Bertz CT molecular complexity index is 845. The average Bonchev–Trinajstić information content (AvgIpc) is 3.10. The molecule has 1 aromatic carbocycles. The van der Waals surface area contributed by atoms with E-state index in [2.05, 4.69) is 48.5 Å². The van der Waals surface area contributed by atoms with Gasteiger partial charge in [-0.25, -0.2) is 4.98 Å². The molecule has 0 saturated carbocycles. The predicted octanol–water partition coefficient (Wildman–Crippen LogP) is 4.46. The van der Waals surface area contributed by atoms with Crippen molar-refractivity contribution in [3.63, 3.8) is 0 Å². The molecule has 25 heavy (non-hydrogen) atoms. The fourth-order valence-corrected chi connectivity index (χ4v) is 2.84. The Kier molecular flexibility index (Phi) is 4.84. The average molecular weight is 335 g/mol. The first-order valence-corrected chi connectivity index (χ1v) is 8.14. The molecule has 3 rings (SSSR count). The molecule has 5 nitrogen and oxygen atoms in total. The van der Waals surface area contributed by atoms with Gasteiger partial charge in [-0.05, 0) is 61.7 Å². The Balaban J connectivity index is 1.62. The summed E-state index contributed by atoms with van der Waals surface area (Å²) >= 11 is 0. The number of hydrogen-bond donors (Lipinski definition) is 2. The van der Waals surface area contributed by atoms with Gasteiger partial charge in [-0.1, -0.05) is 17.7 Å². The second-order valence-corrected chi connectivity index (χ2v) is 6.09. The number of furan rings is 1. The van der Waals surface area contributed by atoms with E-state index in [1.807, 2.05) is 12.1 Å². The third-order valence-corrected chi connectivity index (χ3v) is 4.05. The van der Waals surface area contributed by atoms with Crippen LogP contribution in [-0.4, -0.2) is 10.9 Å².